The minimum Gasteiger partial charge on any atom is -0.456 e. The van der Waals surface area contributed by atoms with Gasteiger partial charge in [-0.3, -0.25) is 53.7 Å². The molecule has 0 radical (unpaired) electrons. The van der Waals surface area contributed by atoms with Crippen molar-refractivity contribution in [2.24, 2.45) is 0 Å². The Morgan fingerprint density at radius 1 is 0.336 bits per heavy atom. The van der Waals surface area contributed by atoms with Crippen LogP contribution in [0.4, 0.5) is 51.7 Å². The van der Waals surface area contributed by atoms with E-state index in [9.17, 15) is 46.3 Å². The van der Waals surface area contributed by atoms with Crippen molar-refractivity contribution < 1.29 is 74.8 Å². The van der Waals surface area contributed by atoms with E-state index >= 15 is 0 Å². The molecule has 0 saturated heterocycles. The zero-order valence-corrected chi connectivity index (χ0v) is 77.1. The molecule has 10 heterocycles. The number of carbonyl (C=O) groups excluding carboxylic acids is 6. The minimum atomic E-state index is -1.21. The number of anilines is 6. The largest absolute Gasteiger partial charge is 0.456 e. The van der Waals surface area contributed by atoms with Crippen LogP contribution in [0.25, 0.3) is 0 Å². The summed E-state index contributed by atoms with van der Waals surface area (Å²) in [5.41, 5.74) is 6.52. The number of aryl methyl sites for hydroxylation is 3. The highest BCUT2D eigenvalue weighted by molar-refractivity contribution is 7.12. The lowest BCUT2D eigenvalue weighted by atomic mass is 10.1. The van der Waals surface area contributed by atoms with Crippen LogP contribution in [0.3, 0.4) is 0 Å². The molecule has 143 heavy (non-hydrogen) atoms. The molecule has 718 valence electrons. The number of ether oxygens (including phenoxy) is 6. The fraction of sp³-hybridized carbons (Fsp3) is 0.0476. The zero-order chi connectivity index (χ0) is 99.2. The second kappa shape index (κ2) is 53.3. The normalized spacial score (nSPS) is 10.0. The van der Waals surface area contributed by atoms with E-state index in [-0.39, 0.29) is 78.2 Å². The number of benzene rings is 8. The van der Waals surface area contributed by atoms with Gasteiger partial charge in [-0.1, -0.05) is 92.0 Å². The number of amides is 6. The third-order valence-electron chi connectivity index (χ3n) is 18.0. The number of hydrogen-bond acceptors (Lipinski definition) is 26. The zero-order valence-electron chi connectivity index (χ0n) is 73.9. The predicted octanol–water partition coefficient (Wildman–Crippen LogP) is 25.3. The molecule has 10 aromatic heterocycles. The molecule has 8 aromatic carbocycles. The molecule has 6 N–H and O–H groups in total. The molecule has 0 aliphatic carbocycles. The van der Waals surface area contributed by atoms with Crippen LogP contribution >= 0.6 is 45.9 Å². The van der Waals surface area contributed by atoms with Gasteiger partial charge in [0.2, 0.25) is 5.82 Å². The molecule has 0 atom stereocenters. The molecule has 0 aliphatic heterocycles. The van der Waals surface area contributed by atoms with Crippen LogP contribution in [0.1, 0.15) is 98.7 Å². The van der Waals surface area contributed by atoms with Gasteiger partial charge in [0.05, 0.1) is 60.2 Å². The molecule has 0 bridgehead atoms. The Bertz CT molecular complexity index is 7400. The monoisotopic (exact) mass is 2000 g/mol. The Kier molecular flexibility index (Phi) is 39.2. The third kappa shape index (κ3) is 33.8. The number of thiazole rings is 2. The maximum atomic E-state index is 13.9. The van der Waals surface area contributed by atoms with Gasteiger partial charge in [-0.2, -0.15) is 4.39 Å². The maximum Gasteiger partial charge on any atom is 0.284 e. The quantitative estimate of drug-likeness (QED) is 0.0242. The molecule has 0 aliphatic rings. The number of terminal acetylenes is 1. The van der Waals surface area contributed by atoms with Gasteiger partial charge in [-0.15, -0.1) is 29.1 Å². The van der Waals surface area contributed by atoms with Crippen LogP contribution < -0.4 is 60.3 Å². The fourth-order valence-electron chi connectivity index (χ4n) is 11.8. The lowest BCUT2D eigenvalue weighted by Gasteiger charge is -2.10. The predicted molar refractivity (Wildman–Crippen MR) is 539 cm³/mol. The van der Waals surface area contributed by atoms with Gasteiger partial charge in [0, 0.05) is 164 Å². The van der Waals surface area contributed by atoms with Crippen LogP contribution in [-0.2, 0) is 0 Å². The van der Waals surface area contributed by atoms with Crippen molar-refractivity contribution in [2.45, 2.75) is 35.6 Å². The minimum absolute atomic E-state index is 0. The van der Waals surface area contributed by atoms with Gasteiger partial charge in [0.1, 0.15) is 87.4 Å². The molecule has 18 rings (SSSR count). The lowest BCUT2D eigenvalue weighted by molar-refractivity contribution is 0.101. The summed E-state index contributed by atoms with van der Waals surface area (Å²) in [5.74, 6) is 1.51. The second-order valence-corrected chi connectivity index (χ2v) is 31.4. The van der Waals surface area contributed by atoms with Crippen molar-refractivity contribution in [1.29, 1.82) is 0 Å². The average molecular weight is 2000 g/mol. The van der Waals surface area contributed by atoms with E-state index in [4.69, 9.17) is 58.0 Å². The molecule has 0 fully saturated rings. The van der Waals surface area contributed by atoms with Crippen molar-refractivity contribution in [3.63, 3.8) is 0 Å². The molecule has 30 nitrogen and oxygen atoms in total. The Morgan fingerprint density at radius 3 is 1.31 bits per heavy atom. The number of aromatic nitrogens is 12. The first-order valence-electron chi connectivity index (χ1n) is 41.6. The smallest absolute Gasteiger partial charge is 0.284 e. The van der Waals surface area contributed by atoms with E-state index in [2.05, 4.69) is 97.6 Å². The number of hydrogen-bond donors (Lipinski definition) is 6. The van der Waals surface area contributed by atoms with Gasteiger partial charge >= 0.3 is 0 Å². The number of carbonyl (C=O) groups is 6. The van der Waals surface area contributed by atoms with Crippen molar-refractivity contribution in [3.05, 3.63) is 441 Å². The molecule has 6 amide bonds. The number of rotatable bonds is 24. The van der Waals surface area contributed by atoms with E-state index in [1.807, 2.05) is 105 Å². The molecular formula is C105H82Cl2F4N18O12S2. The summed E-state index contributed by atoms with van der Waals surface area (Å²) in [6.45, 7) is 5.65. The topological polar surface area (TPSA) is 385 Å². The third-order valence-corrected chi connectivity index (χ3v) is 20.2. The van der Waals surface area contributed by atoms with Crippen molar-refractivity contribution in [1.82, 2.24) is 59.8 Å². The number of pyridine rings is 6. The lowest BCUT2D eigenvalue weighted by Crippen LogP contribution is -2.14. The van der Waals surface area contributed by atoms with Crippen LogP contribution in [0.15, 0.2) is 353 Å². The second-order valence-electron chi connectivity index (χ2n) is 28.8. The van der Waals surface area contributed by atoms with Crippen LogP contribution in [0, 0.1) is 56.4 Å². The van der Waals surface area contributed by atoms with Gasteiger partial charge < -0.3 is 60.3 Å². The van der Waals surface area contributed by atoms with Gasteiger partial charge in [0.25, 0.3) is 35.4 Å². The van der Waals surface area contributed by atoms with Gasteiger partial charge in [-0.05, 0) is 166 Å². The Hall–Kier alpha value is -18.4. The first-order chi connectivity index (χ1) is 68.4. The summed E-state index contributed by atoms with van der Waals surface area (Å²) in [6.07, 6.45) is 29.2. The summed E-state index contributed by atoms with van der Waals surface area (Å²) >= 11 is 14.3. The van der Waals surface area contributed by atoms with E-state index in [1.54, 1.807) is 158 Å². The Balaban J connectivity index is 0.000000163. The van der Waals surface area contributed by atoms with Crippen LogP contribution in [-0.4, -0.2) is 95.3 Å². The van der Waals surface area contributed by atoms with Crippen molar-refractivity contribution in [3.8, 4) is 81.3 Å². The summed E-state index contributed by atoms with van der Waals surface area (Å²) in [5, 5.41) is 21.5. The maximum absolute atomic E-state index is 13.9. The molecule has 38 heteroatoms. The Morgan fingerprint density at radius 2 is 0.804 bits per heavy atom. The first kappa shape index (κ1) is 105. The Labute approximate surface area is 834 Å². The molecule has 0 saturated carbocycles. The number of halogens is 6. The molecule has 0 unspecified atom stereocenters. The number of nitrogens with one attached hydrogen (secondary N) is 6. The van der Waals surface area contributed by atoms with E-state index < -0.39 is 40.8 Å². The van der Waals surface area contributed by atoms with Crippen molar-refractivity contribution in [2.75, 3.05) is 31.9 Å². The number of nitrogens with zero attached hydrogens (tertiary/aromatic N) is 12. The summed E-state index contributed by atoms with van der Waals surface area (Å²) < 4.78 is 88.3. The molecule has 18 aromatic rings. The van der Waals surface area contributed by atoms with E-state index in [0.717, 1.165) is 47.3 Å². The SMILES string of the molecule is C.C.C#Cc1cc(C(=O)Nc2cc(F)cc(Oc3cncnc3)c2)ccc1F.Cc1cccc(C(=O)Nc2cccc(Oc3cccnc3)c2)n1.Cc1cccc(C(=O)Nc2cccc(Oc3cncc(Cl)c3)c2)c1.Cc1csc(C(=O)Nc2cccc(Oc3cccnc3)c2)n1.O=C(Nc1cc(F)c(F)c(Oc2cncnc2)c1)c1cc(Cl)ccn1.O=C(Nc1cccc(Oc2cccnc2)c1)c1nccs1. The molecular weight excluding hydrogens is 1920 g/mol. The fourth-order valence-corrected chi connectivity index (χ4v) is 13.4. The summed E-state index contributed by atoms with van der Waals surface area (Å²) in [6, 6.07) is 66.0. The summed E-state index contributed by atoms with van der Waals surface area (Å²) in [7, 11) is 0. The van der Waals surface area contributed by atoms with E-state index in [1.165, 1.54) is 103 Å². The van der Waals surface area contributed by atoms with E-state index in [0.29, 0.717) is 106 Å². The first-order valence-corrected chi connectivity index (χ1v) is 44.1. The van der Waals surface area contributed by atoms with Gasteiger partial charge in [0.15, 0.2) is 33.1 Å². The van der Waals surface area contributed by atoms with Gasteiger partial charge in [-0.25, -0.2) is 48.1 Å². The van der Waals surface area contributed by atoms with Crippen LogP contribution in [0.5, 0.6) is 69.0 Å². The highest BCUT2D eigenvalue weighted by Crippen LogP contribution is 2.34. The highest BCUT2D eigenvalue weighted by atomic mass is 35.5. The summed E-state index contributed by atoms with van der Waals surface area (Å²) in [4.78, 5) is 120. The van der Waals surface area contributed by atoms with Crippen LogP contribution in [0.2, 0.25) is 10.0 Å². The molecule has 0 spiro atoms. The highest BCUT2D eigenvalue weighted by Gasteiger charge is 2.20. The standard InChI is InChI=1S/C19H15ClN2O2.C19H11F2N3O2.C18H15N3O2.C16H9ClF2N4O2.C16H13N3O2S.C15H11N3O2S.2CH4/c1-13-4-2-5-14(8-13)19(23)22-16-6-3-7-17(10-16)24-18-9-15(20)11-21-12-18;1-2-12-5-13(3-4-18(12)21)19(25)24-15-6-14(20)7-16(8-15)26-17-9-22-11-23-10-17;1-13-5-2-9-17(20-13)18(22)21-14-6-3-7-15(11-14)23-16-8-4-10-19-12-16;17-9-1-2-22-13(3-9)16(24)23-10-4-12(18)15(19)14(5-10)25-11-6-20-8-21-7-11;1-11-10-22-16(18-11)15(20)19-12-4-2-5-13(8-12)21-14-6-3-7-17-9-14;19-14(15-17-7-8-21-15)18-11-3-1-4-12(9-11)20-13-5-2-6-16-10-13;;/h2-12H,1H3,(H,22,23);1,3-11H,(H,24,25);2-12H,1H3,(H,21,22);1-8H,(H,23,24);2-10H,1H3,(H,19,20);1-10H,(H,18,19);2*1H4. The van der Waals surface area contributed by atoms with Crippen molar-refractivity contribution >= 4 is 115 Å². The average Bonchev–Trinajstić information content (AvgIpc) is 1.31.